The van der Waals surface area contributed by atoms with Gasteiger partial charge in [-0.1, -0.05) is 17.3 Å². The molecule has 0 spiro atoms. The number of nitrogens with zero attached hydrogens (tertiary/aromatic N) is 3. The Morgan fingerprint density at radius 3 is 2.37 bits per heavy atom. The van der Waals surface area contributed by atoms with Crippen molar-refractivity contribution in [3.8, 4) is 11.4 Å². The van der Waals surface area contributed by atoms with E-state index in [4.69, 9.17) is 4.74 Å². The molecule has 2 amide bonds. The van der Waals surface area contributed by atoms with Crippen molar-refractivity contribution in [3.63, 3.8) is 0 Å². The van der Waals surface area contributed by atoms with E-state index in [1.807, 2.05) is 0 Å². The van der Waals surface area contributed by atoms with Gasteiger partial charge < -0.3 is 19.5 Å². The van der Waals surface area contributed by atoms with E-state index in [0.717, 1.165) is 12.1 Å². The van der Waals surface area contributed by atoms with Crippen LogP contribution in [0.4, 0.5) is 22.0 Å². The number of hydrogen-bond acceptors (Lipinski definition) is 6. The summed E-state index contributed by atoms with van der Waals surface area (Å²) in [5, 5.41) is 5.93. The highest BCUT2D eigenvalue weighted by Gasteiger charge is 2.38. The van der Waals surface area contributed by atoms with Crippen LogP contribution in [0.3, 0.4) is 0 Å². The summed E-state index contributed by atoms with van der Waals surface area (Å²) in [6.45, 7) is 0.477. The first-order chi connectivity index (χ1) is 16.6. The van der Waals surface area contributed by atoms with Crippen molar-refractivity contribution < 1.29 is 40.8 Å². The zero-order chi connectivity index (χ0) is 25.2. The molecule has 13 heteroatoms. The SMILES string of the molecule is O=C(NC[C@@H]1COCCN1C(=O)c1cc(F)cc(F)c1)c1ccc(-c2noc(C(F)(F)F)n2)cc1. The Hall–Kier alpha value is -3.87. The van der Waals surface area contributed by atoms with Crippen molar-refractivity contribution in [1.82, 2.24) is 20.4 Å². The predicted molar refractivity (Wildman–Crippen MR) is 109 cm³/mol. The number of amides is 2. The molecule has 1 saturated heterocycles. The molecule has 1 aliphatic heterocycles. The number of carbonyl (C=O) groups excluding carboxylic acids is 2. The van der Waals surface area contributed by atoms with E-state index in [-0.39, 0.29) is 48.8 Å². The van der Waals surface area contributed by atoms with Gasteiger partial charge in [-0.2, -0.15) is 18.2 Å². The van der Waals surface area contributed by atoms with E-state index in [1.54, 1.807) is 0 Å². The van der Waals surface area contributed by atoms with Crippen molar-refractivity contribution in [1.29, 1.82) is 0 Å². The third-order valence-corrected chi connectivity index (χ3v) is 5.17. The molecule has 1 atom stereocenters. The number of halogens is 5. The molecule has 184 valence electrons. The number of carbonyl (C=O) groups is 2. The molecular formula is C22H17F5N4O4. The van der Waals surface area contributed by atoms with Crippen LogP contribution in [0.15, 0.2) is 47.0 Å². The standard InChI is InChI=1S/C22H17F5N4O4/c23-15-7-14(8-16(24)9-15)20(33)31-5-6-34-11-17(31)10-28-19(32)13-3-1-12(2-4-13)18-29-21(35-30-18)22(25,26)27/h1-4,7-9,17H,5-6,10-11H2,(H,28,32)/t17-/m1/s1. The summed E-state index contributed by atoms with van der Waals surface area (Å²) in [7, 11) is 0. The Kier molecular flexibility index (Phi) is 6.78. The minimum Gasteiger partial charge on any atom is -0.377 e. The van der Waals surface area contributed by atoms with E-state index >= 15 is 0 Å². The number of ether oxygens (including phenoxy) is 1. The van der Waals surface area contributed by atoms with Gasteiger partial charge >= 0.3 is 12.1 Å². The quantitative estimate of drug-likeness (QED) is 0.545. The Balaban J connectivity index is 1.40. The molecule has 0 saturated carbocycles. The summed E-state index contributed by atoms with van der Waals surface area (Å²) in [6, 6.07) is 7.38. The van der Waals surface area contributed by atoms with Gasteiger partial charge in [-0.05, 0) is 24.3 Å². The van der Waals surface area contributed by atoms with E-state index in [0.29, 0.717) is 6.07 Å². The predicted octanol–water partition coefficient (Wildman–Crippen LogP) is 3.30. The molecule has 4 rings (SSSR count). The number of benzene rings is 2. The lowest BCUT2D eigenvalue weighted by molar-refractivity contribution is -0.159. The number of morpholine rings is 1. The van der Waals surface area contributed by atoms with Gasteiger partial charge in [-0.25, -0.2) is 8.78 Å². The van der Waals surface area contributed by atoms with E-state index in [1.165, 1.54) is 29.2 Å². The molecule has 0 radical (unpaired) electrons. The largest absolute Gasteiger partial charge is 0.471 e. The van der Waals surface area contributed by atoms with E-state index < -0.39 is 41.6 Å². The lowest BCUT2D eigenvalue weighted by Gasteiger charge is -2.35. The van der Waals surface area contributed by atoms with Crippen LogP contribution >= 0.6 is 0 Å². The Labute approximate surface area is 194 Å². The highest BCUT2D eigenvalue weighted by Crippen LogP contribution is 2.29. The molecule has 8 nitrogen and oxygen atoms in total. The van der Waals surface area contributed by atoms with Gasteiger partial charge in [0.05, 0.1) is 19.3 Å². The maximum atomic E-state index is 13.5. The molecule has 2 heterocycles. The normalized spacial score (nSPS) is 16.3. The Morgan fingerprint density at radius 1 is 1.06 bits per heavy atom. The van der Waals surface area contributed by atoms with Crippen LogP contribution < -0.4 is 5.32 Å². The fourth-order valence-corrected chi connectivity index (χ4v) is 3.47. The average Bonchev–Trinajstić information content (AvgIpc) is 3.33. The highest BCUT2D eigenvalue weighted by molar-refractivity contribution is 5.95. The van der Waals surface area contributed by atoms with Crippen LogP contribution in [0.25, 0.3) is 11.4 Å². The van der Waals surface area contributed by atoms with Crippen LogP contribution in [0.5, 0.6) is 0 Å². The van der Waals surface area contributed by atoms with Crippen LogP contribution in [0, 0.1) is 11.6 Å². The summed E-state index contributed by atoms with van der Waals surface area (Å²) in [6.07, 6.45) is -4.77. The second-order valence-electron chi connectivity index (χ2n) is 7.59. The fraction of sp³-hybridized carbons (Fsp3) is 0.273. The first-order valence-corrected chi connectivity index (χ1v) is 10.3. The van der Waals surface area contributed by atoms with Crippen molar-refractivity contribution >= 4 is 11.8 Å². The van der Waals surface area contributed by atoms with Gasteiger partial charge in [0, 0.05) is 35.8 Å². The van der Waals surface area contributed by atoms with Crippen molar-refractivity contribution in [3.05, 3.63) is 71.1 Å². The molecule has 1 fully saturated rings. The minimum atomic E-state index is -4.77. The first-order valence-electron chi connectivity index (χ1n) is 10.3. The van der Waals surface area contributed by atoms with Crippen LogP contribution in [0.1, 0.15) is 26.6 Å². The number of nitrogens with one attached hydrogen (secondary N) is 1. The van der Waals surface area contributed by atoms with Gasteiger partial charge in [0.2, 0.25) is 5.82 Å². The van der Waals surface area contributed by atoms with Crippen LogP contribution in [-0.4, -0.2) is 59.2 Å². The number of alkyl halides is 3. The highest BCUT2D eigenvalue weighted by atomic mass is 19.4. The molecule has 1 aromatic heterocycles. The zero-order valence-electron chi connectivity index (χ0n) is 17.8. The van der Waals surface area contributed by atoms with E-state index in [9.17, 15) is 31.5 Å². The number of rotatable bonds is 5. The lowest BCUT2D eigenvalue weighted by atomic mass is 10.1. The maximum absolute atomic E-state index is 13.5. The minimum absolute atomic E-state index is 0.0100. The van der Waals surface area contributed by atoms with Gasteiger partial charge in [0.15, 0.2) is 0 Å². The average molecular weight is 496 g/mol. The second-order valence-corrected chi connectivity index (χ2v) is 7.59. The smallest absolute Gasteiger partial charge is 0.377 e. The molecule has 0 unspecified atom stereocenters. The lowest BCUT2D eigenvalue weighted by Crippen LogP contribution is -2.53. The molecule has 35 heavy (non-hydrogen) atoms. The molecule has 1 N–H and O–H groups in total. The number of hydrogen-bond donors (Lipinski definition) is 1. The molecule has 1 aliphatic rings. The summed E-state index contributed by atoms with van der Waals surface area (Å²) < 4.78 is 74.5. The summed E-state index contributed by atoms with van der Waals surface area (Å²) >= 11 is 0. The Morgan fingerprint density at radius 2 is 1.74 bits per heavy atom. The second kappa shape index (κ2) is 9.78. The summed E-state index contributed by atoms with van der Waals surface area (Å²) in [4.78, 5) is 30.0. The van der Waals surface area contributed by atoms with Crippen LogP contribution in [-0.2, 0) is 10.9 Å². The third kappa shape index (κ3) is 5.62. The molecule has 0 bridgehead atoms. The Bertz CT molecular complexity index is 1210. The molecular weight excluding hydrogens is 479 g/mol. The van der Waals surface area contributed by atoms with Gasteiger partial charge in [0.25, 0.3) is 11.8 Å². The summed E-state index contributed by atoms with van der Waals surface area (Å²) in [5.74, 6) is -4.66. The molecule has 0 aliphatic carbocycles. The van der Waals surface area contributed by atoms with E-state index in [2.05, 4.69) is 20.0 Å². The monoisotopic (exact) mass is 496 g/mol. The topological polar surface area (TPSA) is 97.6 Å². The number of aromatic nitrogens is 2. The van der Waals surface area contributed by atoms with Crippen molar-refractivity contribution in [2.45, 2.75) is 12.2 Å². The van der Waals surface area contributed by atoms with Gasteiger partial charge in [-0.3, -0.25) is 9.59 Å². The summed E-state index contributed by atoms with van der Waals surface area (Å²) in [5.41, 5.74) is 0.238. The van der Waals surface area contributed by atoms with Crippen LogP contribution in [0.2, 0.25) is 0 Å². The fourth-order valence-electron chi connectivity index (χ4n) is 3.47. The van der Waals surface area contributed by atoms with Crippen molar-refractivity contribution in [2.75, 3.05) is 26.3 Å². The van der Waals surface area contributed by atoms with Gasteiger partial charge in [-0.15, -0.1) is 0 Å². The third-order valence-electron chi connectivity index (χ3n) is 5.17. The molecule has 3 aromatic rings. The van der Waals surface area contributed by atoms with Crippen molar-refractivity contribution in [2.24, 2.45) is 0 Å². The zero-order valence-corrected chi connectivity index (χ0v) is 17.8. The maximum Gasteiger partial charge on any atom is 0.471 e. The van der Waals surface area contributed by atoms with Gasteiger partial charge in [0.1, 0.15) is 11.6 Å². The molecule has 2 aromatic carbocycles. The first kappa shape index (κ1) is 24.3.